The van der Waals surface area contributed by atoms with Crippen LogP contribution in [0.15, 0.2) is 30.5 Å². The topological polar surface area (TPSA) is 83.5 Å². The number of piperazine rings is 1. The Balaban J connectivity index is 1.73. The van der Waals surface area contributed by atoms with Crippen LogP contribution in [0.4, 0.5) is 17.5 Å². The van der Waals surface area contributed by atoms with Crippen molar-refractivity contribution >= 4 is 23.9 Å². The zero-order valence-electron chi connectivity index (χ0n) is 14.4. The van der Waals surface area contributed by atoms with Crippen LogP contribution in [0.2, 0.25) is 0 Å². The quantitative estimate of drug-likeness (QED) is 0.800. The first-order valence-corrected chi connectivity index (χ1v) is 8.32. The van der Waals surface area contributed by atoms with E-state index in [0.29, 0.717) is 19.0 Å². The first-order valence-electron chi connectivity index (χ1n) is 8.32. The predicted molar refractivity (Wildman–Crippen MR) is 95.2 cm³/mol. The summed E-state index contributed by atoms with van der Waals surface area (Å²) in [5, 5.41) is 11.3. The molecule has 8 heteroatoms. The minimum atomic E-state index is 0.0717. The van der Waals surface area contributed by atoms with Crippen LogP contribution in [0, 0.1) is 0 Å². The van der Waals surface area contributed by atoms with Gasteiger partial charge in [0.1, 0.15) is 5.75 Å². The van der Waals surface area contributed by atoms with Crippen LogP contribution in [0.1, 0.15) is 13.8 Å². The van der Waals surface area contributed by atoms with Gasteiger partial charge in [-0.05, 0) is 26.0 Å². The van der Waals surface area contributed by atoms with E-state index in [0.717, 1.165) is 36.8 Å². The number of nitrogens with one attached hydrogen (secondary N) is 1. The highest BCUT2D eigenvalue weighted by atomic mass is 16.5. The Bertz CT molecular complexity index is 716. The van der Waals surface area contributed by atoms with Gasteiger partial charge in [-0.3, -0.25) is 4.79 Å². The summed E-state index contributed by atoms with van der Waals surface area (Å²) in [6.45, 7) is 6.78. The molecule has 1 N–H and O–H groups in total. The Labute approximate surface area is 146 Å². The van der Waals surface area contributed by atoms with Crippen molar-refractivity contribution < 1.29 is 9.53 Å². The molecule has 1 saturated heterocycles. The molecule has 0 spiro atoms. The highest BCUT2D eigenvalue weighted by Crippen LogP contribution is 2.27. The lowest BCUT2D eigenvalue weighted by atomic mass is 10.3. The monoisotopic (exact) mass is 342 g/mol. The van der Waals surface area contributed by atoms with E-state index in [-0.39, 0.29) is 6.10 Å². The maximum absolute atomic E-state index is 10.8. The number of hydrogen-bond acceptors (Lipinski definition) is 7. The van der Waals surface area contributed by atoms with Gasteiger partial charge < -0.3 is 19.9 Å². The van der Waals surface area contributed by atoms with Crippen molar-refractivity contribution in [2.24, 2.45) is 0 Å². The van der Waals surface area contributed by atoms with Crippen LogP contribution in [-0.4, -0.2) is 58.8 Å². The first kappa shape index (κ1) is 16.9. The molecule has 1 fully saturated rings. The number of benzene rings is 1. The molecule has 0 radical (unpaired) electrons. The van der Waals surface area contributed by atoms with Gasteiger partial charge in [0.15, 0.2) is 5.82 Å². The van der Waals surface area contributed by atoms with Crippen molar-refractivity contribution in [1.82, 2.24) is 20.1 Å². The zero-order valence-corrected chi connectivity index (χ0v) is 14.4. The number of hydrogen-bond donors (Lipinski definition) is 1. The summed E-state index contributed by atoms with van der Waals surface area (Å²) in [6.07, 6.45) is 2.59. The lowest BCUT2D eigenvalue weighted by molar-refractivity contribution is -0.118. The molecular weight excluding hydrogens is 320 g/mol. The van der Waals surface area contributed by atoms with E-state index in [1.807, 2.05) is 38.1 Å². The van der Waals surface area contributed by atoms with Gasteiger partial charge in [-0.1, -0.05) is 12.1 Å². The minimum Gasteiger partial charge on any atom is -0.489 e. The van der Waals surface area contributed by atoms with E-state index >= 15 is 0 Å². The van der Waals surface area contributed by atoms with Crippen molar-refractivity contribution in [1.29, 1.82) is 0 Å². The molecule has 3 rings (SSSR count). The molecule has 0 bridgehead atoms. The van der Waals surface area contributed by atoms with Gasteiger partial charge in [0.05, 0.1) is 18.0 Å². The van der Waals surface area contributed by atoms with Crippen molar-refractivity contribution in [3.8, 4) is 5.75 Å². The SMILES string of the molecule is CC(C)Oc1ccccc1Nc1nncc(N2CCN(C=O)CC2)n1. The number of ether oxygens (including phenoxy) is 1. The normalized spacial score (nSPS) is 14.5. The molecule has 1 aromatic carbocycles. The summed E-state index contributed by atoms with van der Waals surface area (Å²) in [6, 6.07) is 7.66. The van der Waals surface area contributed by atoms with E-state index in [2.05, 4.69) is 25.4 Å². The van der Waals surface area contributed by atoms with Gasteiger partial charge in [-0.2, -0.15) is 10.1 Å². The molecule has 1 aliphatic rings. The molecule has 132 valence electrons. The van der Waals surface area contributed by atoms with Crippen molar-refractivity contribution in [3.63, 3.8) is 0 Å². The summed E-state index contributed by atoms with van der Waals surface area (Å²) in [7, 11) is 0. The van der Waals surface area contributed by atoms with Crippen LogP contribution < -0.4 is 15.0 Å². The number of anilines is 3. The third-order valence-corrected chi connectivity index (χ3v) is 3.83. The second kappa shape index (κ2) is 7.78. The molecule has 1 amide bonds. The molecule has 2 heterocycles. The third kappa shape index (κ3) is 4.34. The molecule has 0 unspecified atom stereocenters. The third-order valence-electron chi connectivity index (χ3n) is 3.83. The average Bonchev–Trinajstić information content (AvgIpc) is 2.63. The predicted octanol–water partition coefficient (Wildman–Crippen LogP) is 1.68. The number of carbonyl (C=O) groups is 1. The van der Waals surface area contributed by atoms with Gasteiger partial charge in [0.25, 0.3) is 0 Å². The molecule has 0 aliphatic carbocycles. The molecular formula is C17H22N6O2. The fourth-order valence-corrected chi connectivity index (χ4v) is 2.60. The summed E-state index contributed by atoms with van der Waals surface area (Å²) in [5.41, 5.74) is 0.793. The van der Waals surface area contributed by atoms with Crippen LogP contribution >= 0.6 is 0 Å². The standard InChI is InChI=1S/C17H22N6O2/c1-13(2)25-15-6-4-3-5-14(15)19-17-20-16(11-18-21-17)23-9-7-22(12-24)8-10-23/h3-6,11-13H,7-10H2,1-2H3,(H,19,20,21). The number of amides is 1. The summed E-state index contributed by atoms with van der Waals surface area (Å²) >= 11 is 0. The largest absolute Gasteiger partial charge is 0.489 e. The number of nitrogens with zero attached hydrogens (tertiary/aromatic N) is 5. The molecule has 1 aliphatic heterocycles. The summed E-state index contributed by atoms with van der Waals surface area (Å²) in [5.74, 6) is 1.89. The van der Waals surface area contributed by atoms with Gasteiger partial charge in [0.2, 0.25) is 12.4 Å². The lowest BCUT2D eigenvalue weighted by Gasteiger charge is -2.33. The van der Waals surface area contributed by atoms with Gasteiger partial charge >= 0.3 is 0 Å². The van der Waals surface area contributed by atoms with Crippen LogP contribution in [0.25, 0.3) is 0 Å². The Morgan fingerprint density at radius 3 is 2.68 bits per heavy atom. The minimum absolute atomic E-state index is 0.0717. The Morgan fingerprint density at radius 1 is 1.20 bits per heavy atom. The van der Waals surface area contributed by atoms with Crippen molar-refractivity contribution in [2.45, 2.75) is 20.0 Å². The number of rotatable bonds is 6. The smallest absolute Gasteiger partial charge is 0.249 e. The summed E-state index contributed by atoms with van der Waals surface area (Å²) < 4.78 is 5.80. The van der Waals surface area contributed by atoms with E-state index < -0.39 is 0 Å². The van der Waals surface area contributed by atoms with Crippen molar-refractivity contribution in [3.05, 3.63) is 30.5 Å². The van der Waals surface area contributed by atoms with E-state index in [1.54, 1.807) is 11.1 Å². The van der Waals surface area contributed by atoms with Crippen LogP contribution in [0.5, 0.6) is 5.75 Å². The molecule has 1 aromatic heterocycles. The first-order chi connectivity index (χ1) is 12.2. The molecule has 25 heavy (non-hydrogen) atoms. The Hall–Kier alpha value is -2.90. The summed E-state index contributed by atoms with van der Waals surface area (Å²) in [4.78, 5) is 19.2. The van der Waals surface area contributed by atoms with Gasteiger partial charge in [-0.25, -0.2) is 0 Å². The highest BCUT2D eigenvalue weighted by molar-refractivity contribution is 5.62. The Morgan fingerprint density at radius 2 is 1.96 bits per heavy atom. The van der Waals surface area contributed by atoms with Gasteiger partial charge in [0, 0.05) is 26.2 Å². The number of para-hydroxylation sites is 2. The second-order valence-electron chi connectivity index (χ2n) is 6.05. The molecule has 2 aromatic rings. The zero-order chi connectivity index (χ0) is 17.6. The average molecular weight is 342 g/mol. The molecule has 0 saturated carbocycles. The van der Waals surface area contributed by atoms with Gasteiger partial charge in [-0.15, -0.1) is 5.10 Å². The molecule has 8 nitrogen and oxygen atoms in total. The Kier molecular flexibility index (Phi) is 5.27. The van der Waals surface area contributed by atoms with E-state index in [4.69, 9.17) is 4.74 Å². The maximum Gasteiger partial charge on any atom is 0.249 e. The fourth-order valence-electron chi connectivity index (χ4n) is 2.60. The van der Waals surface area contributed by atoms with E-state index in [9.17, 15) is 4.79 Å². The second-order valence-corrected chi connectivity index (χ2v) is 6.05. The maximum atomic E-state index is 10.8. The van der Waals surface area contributed by atoms with Crippen molar-refractivity contribution in [2.75, 3.05) is 36.4 Å². The fraction of sp³-hybridized carbons (Fsp3) is 0.412. The number of aromatic nitrogens is 3. The van der Waals surface area contributed by atoms with E-state index in [1.165, 1.54) is 0 Å². The highest BCUT2D eigenvalue weighted by Gasteiger charge is 2.18. The molecule has 0 atom stereocenters. The van der Waals surface area contributed by atoms with Crippen LogP contribution in [0.3, 0.4) is 0 Å². The lowest BCUT2D eigenvalue weighted by Crippen LogP contribution is -2.46. The number of carbonyl (C=O) groups excluding carboxylic acids is 1. The van der Waals surface area contributed by atoms with Crippen LogP contribution in [-0.2, 0) is 4.79 Å².